The van der Waals surface area contributed by atoms with Gasteiger partial charge in [0.1, 0.15) is 0 Å². The molecule has 0 bridgehead atoms. The fourth-order valence-corrected chi connectivity index (χ4v) is 3.33. The quantitative estimate of drug-likeness (QED) is 0.670. The molecule has 0 unspecified atom stereocenters. The Hall–Kier alpha value is -2.95. The van der Waals surface area contributed by atoms with Crippen LogP contribution in [0.1, 0.15) is 16.7 Å². The number of rotatable bonds is 1. The molecule has 0 fully saturated rings. The summed E-state index contributed by atoms with van der Waals surface area (Å²) in [6.45, 7) is 2.07. The zero-order chi connectivity index (χ0) is 17.0. The first-order valence-electron chi connectivity index (χ1n) is 7.87. The lowest BCUT2D eigenvalue weighted by atomic mass is 9.92. The second-order valence-corrected chi connectivity index (χ2v) is 6.46. The zero-order valence-electron chi connectivity index (χ0n) is 13.9. The highest BCUT2D eigenvalue weighted by Gasteiger charge is 2.26. The standard InChI is InChI=1S/C19H19N3O2/c1-10-6-15-17(9-16(10)22(2)3)24-18-8-14(20)13-7-11(23)4-5-12(13)19(18)21-15/h4-6,8-9,21H,7,20H2,1-3H3. The highest BCUT2D eigenvalue weighted by atomic mass is 16.5. The van der Waals surface area contributed by atoms with Gasteiger partial charge in [0, 0.05) is 49.6 Å². The van der Waals surface area contributed by atoms with Crippen LogP contribution in [0.25, 0.3) is 6.08 Å². The third-order valence-corrected chi connectivity index (χ3v) is 4.52. The summed E-state index contributed by atoms with van der Waals surface area (Å²) in [5.74, 6) is 1.52. The predicted molar refractivity (Wildman–Crippen MR) is 97.5 cm³/mol. The lowest BCUT2D eigenvalue weighted by molar-refractivity contribution is -0.114. The molecule has 0 radical (unpaired) electrons. The van der Waals surface area contributed by atoms with Crippen LogP contribution >= 0.6 is 0 Å². The number of anilines is 4. The summed E-state index contributed by atoms with van der Waals surface area (Å²) in [5.41, 5.74) is 12.6. The number of nitrogen functional groups attached to an aromatic ring is 1. The third kappa shape index (κ3) is 2.12. The van der Waals surface area contributed by atoms with Crippen molar-refractivity contribution in [3.63, 3.8) is 0 Å². The zero-order valence-corrected chi connectivity index (χ0v) is 13.9. The minimum absolute atomic E-state index is 0.0674. The van der Waals surface area contributed by atoms with Gasteiger partial charge in [-0.2, -0.15) is 0 Å². The van der Waals surface area contributed by atoms with Crippen LogP contribution < -0.4 is 20.7 Å². The van der Waals surface area contributed by atoms with E-state index in [1.54, 1.807) is 12.1 Å². The van der Waals surface area contributed by atoms with Gasteiger partial charge in [0.2, 0.25) is 0 Å². The fourth-order valence-electron chi connectivity index (χ4n) is 3.33. The normalized spacial score (nSPS) is 14.2. The SMILES string of the molecule is Cc1cc2c(cc1N(C)C)Oc1cc(N)c3c(c1N2)C=CC(=O)C3. The number of ketones is 1. The average Bonchev–Trinajstić information content (AvgIpc) is 2.53. The van der Waals surface area contributed by atoms with Gasteiger partial charge in [-0.25, -0.2) is 0 Å². The highest BCUT2D eigenvalue weighted by molar-refractivity contribution is 6.03. The Morgan fingerprint density at radius 1 is 1.17 bits per heavy atom. The average molecular weight is 321 g/mol. The molecule has 3 N–H and O–H groups in total. The van der Waals surface area contributed by atoms with Gasteiger partial charge in [-0.1, -0.05) is 0 Å². The molecule has 2 aliphatic rings. The van der Waals surface area contributed by atoms with Crippen molar-refractivity contribution >= 4 is 34.6 Å². The number of ether oxygens (including phenoxy) is 1. The van der Waals surface area contributed by atoms with Crippen LogP contribution in [0.4, 0.5) is 22.7 Å². The van der Waals surface area contributed by atoms with Gasteiger partial charge in [0.05, 0.1) is 11.4 Å². The summed E-state index contributed by atoms with van der Waals surface area (Å²) in [5, 5.41) is 3.46. The van der Waals surface area contributed by atoms with Crippen LogP contribution in [0.5, 0.6) is 11.5 Å². The van der Waals surface area contributed by atoms with Crippen molar-refractivity contribution in [1.29, 1.82) is 0 Å². The molecule has 1 aliphatic carbocycles. The number of allylic oxidation sites excluding steroid dienone is 1. The van der Waals surface area contributed by atoms with Crippen LogP contribution in [-0.4, -0.2) is 19.9 Å². The Morgan fingerprint density at radius 3 is 2.71 bits per heavy atom. The summed E-state index contributed by atoms with van der Waals surface area (Å²) in [4.78, 5) is 13.8. The monoisotopic (exact) mass is 321 g/mol. The molecule has 0 saturated heterocycles. The molecule has 24 heavy (non-hydrogen) atoms. The summed E-state index contributed by atoms with van der Waals surface area (Å²) in [6, 6.07) is 5.90. The summed E-state index contributed by atoms with van der Waals surface area (Å²) in [6.07, 6.45) is 3.75. The number of hydrogen-bond donors (Lipinski definition) is 2. The lowest BCUT2D eigenvalue weighted by Gasteiger charge is -2.28. The first-order valence-corrected chi connectivity index (χ1v) is 7.87. The second kappa shape index (κ2) is 5.03. The highest BCUT2D eigenvalue weighted by Crippen LogP contribution is 2.48. The Bertz CT molecular complexity index is 914. The van der Waals surface area contributed by atoms with E-state index in [1.165, 1.54) is 0 Å². The number of carbonyl (C=O) groups excluding carboxylic acids is 1. The molecule has 2 aromatic carbocycles. The fraction of sp³-hybridized carbons (Fsp3) is 0.211. The molecule has 0 saturated carbocycles. The van der Waals surface area contributed by atoms with Crippen LogP contribution in [0.2, 0.25) is 0 Å². The molecule has 0 amide bonds. The topological polar surface area (TPSA) is 67.6 Å². The van der Waals surface area contributed by atoms with E-state index in [0.717, 1.165) is 39.5 Å². The van der Waals surface area contributed by atoms with E-state index in [9.17, 15) is 4.79 Å². The smallest absolute Gasteiger partial charge is 0.160 e. The molecule has 0 atom stereocenters. The molecule has 4 rings (SSSR count). The van der Waals surface area contributed by atoms with Gasteiger partial charge < -0.3 is 20.7 Å². The van der Waals surface area contributed by atoms with Crippen molar-refractivity contribution in [2.45, 2.75) is 13.3 Å². The molecule has 2 aromatic rings. The van der Waals surface area contributed by atoms with E-state index in [4.69, 9.17) is 10.5 Å². The van der Waals surface area contributed by atoms with E-state index in [-0.39, 0.29) is 5.78 Å². The van der Waals surface area contributed by atoms with E-state index < -0.39 is 0 Å². The molecule has 122 valence electrons. The molecule has 5 nitrogen and oxygen atoms in total. The van der Waals surface area contributed by atoms with E-state index in [1.807, 2.05) is 26.2 Å². The van der Waals surface area contributed by atoms with Crippen LogP contribution in [0, 0.1) is 6.92 Å². The van der Waals surface area contributed by atoms with Crippen LogP contribution in [0.15, 0.2) is 24.3 Å². The number of fused-ring (bicyclic) bond motifs is 4. The lowest BCUT2D eigenvalue weighted by Crippen LogP contribution is -2.14. The first-order chi connectivity index (χ1) is 11.4. The van der Waals surface area contributed by atoms with E-state index in [2.05, 4.69) is 23.2 Å². The van der Waals surface area contributed by atoms with Crippen molar-refractivity contribution < 1.29 is 9.53 Å². The molecular weight excluding hydrogens is 302 g/mol. The van der Waals surface area contributed by atoms with E-state index in [0.29, 0.717) is 17.9 Å². The minimum atomic E-state index is 0.0674. The van der Waals surface area contributed by atoms with Crippen molar-refractivity contribution in [1.82, 2.24) is 0 Å². The molecule has 1 aliphatic heterocycles. The number of hydrogen-bond acceptors (Lipinski definition) is 5. The number of nitrogens with one attached hydrogen (secondary N) is 1. The Balaban J connectivity index is 1.85. The minimum Gasteiger partial charge on any atom is -0.453 e. The summed E-state index contributed by atoms with van der Waals surface area (Å²) in [7, 11) is 4.02. The predicted octanol–water partition coefficient (Wildman–Crippen LogP) is 3.63. The number of aryl methyl sites for hydroxylation is 1. The number of benzene rings is 2. The largest absolute Gasteiger partial charge is 0.453 e. The number of nitrogens with zero attached hydrogens (tertiary/aromatic N) is 1. The van der Waals surface area contributed by atoms with Crippen molar-refractivity contribution in [3.8, 4) is 11.5 Å². The maximum Gasteiger partial charge on any atom is 0.160 e. The van der Waals surface area contributed by atoms with Crippen LogP contribution in [-0.2, 0) is 11.2 Å². The molecule has 5 heteroatoms. The molecule has 0 aromatic heterocycles. The summed E-state index contributed by atoms with van der Waals surface area (Å²) < 4.78 is 6.11. The molecule has 0 spiro atoms. The Kier molecular flexibility index (Phi) is 3.06. The Labute approximate surface area is 140 Å². The molecular formula is C19H19N3O2. The van der Waals surface area contributed by atoms with Gasteiger partial charge in [-0.05, 0) is 36.3 Å². The van der Waals surface area contributed by atoms with Gasteiger partial charge in [0.25, 0.3) is 0 Å². The maximum atomic E-state index is 11.7. The number of carbonyl (C=O) groups is 1. The van der Waals surface area contributed by atoms with Crippen molar-refractivity contribution in [3.05, 3.63) is 41.0 Å². The van der Waals surface area contributed by atoms with Gasteiger partial charge in [-0.3, -0.25) is 4.79 Å². The Morgan fingerprint density at radius 2 is 1.96 bits per heavy atom. The second-order valence-electron chi connectivity index (χ2n) is 6.46. The van der Waals surface area contributed by atoms with E-state index >= 15 is 0 Å². The number of nitrogens with two attached hydrogens (primary N) is 1. The van der Waals surface area contributed by atoms with Crippen molar-refractivity contribution in [2.75, 3.05) is 30.0 Å². The maximum absolute atomic E-state index is 11.7. The third-order valence-electron chi connectivity index (χ3n) is 4.52. The van der Waals surface area contributed by atoms with Crippen LogP contribution in [0.3, 0.4) is 0 Å². The molecule has 1 heterocycles. The van der Waals surface area contributed by atoms with Gasteiger partial charge in [-0.15, -0.1) is 0 Å². The summed E-state index contributed by atoms with van der Waals surface area (Å²) >= 11 is 0. The van der Waals surface area contributed by atoms with Gasteiger partial charge in [0.15, 0.2) is 17.3 Å². The van der Waals surface area contributed by atoms with Gasteiger partial charge >= 0.3 is 0 Å². The van der Waals surface area contributed by atoms with Crippen molar-refractivity contribution in [2.24, 2.45) is 0 Å². The first kappa shape index (κ1) is 14.6.